The normalized spacial score (nSPS) is 15.6. The number of nitrogens with zero attached hydrogens (tertiary/aromatic N) is 7. The largest absolute Gasteiger partial charge is 0.362 e. The van der Waals surface area contributed by atoms with Crippen LogP contribution < -0.4 is 10.2 Å². The summed E-state index contributed by atoms with van der Waals surface area (Å²) in [5.41, 5.74) is 3.21. The van der Waals surface area contributed by atoms with Crippen molar-refractivity contribution in [1.82, 2.24) is 34.2 Å². The van der Waals surface area contributed by atoms with Gasteiger partial charge in [-0.05, 0) is 13.0 Å². The molecule has 1 saturated heterocycles. The van der Waals surface area contributed by atoms with Crippen LogP contribution in [0.25, 0.3) is 16.7 Å². The lowest BCUT2D eigenvalue weighted by atomic mass is 10.1. The number of amides is 1. The lowest BCUT2D eigenvalue weighted by Crippen LogP contribution is -2.49. The maximum Gasteiger partial charge on any atom is 0.219 e. The summed E-state index contributed by atoms with van der Waals surface area (Å²) in [6.07, 6.45) is 6.63. The first-order valence-corrected chi connectivity index (χ1v) is 10.5. The Kier molecular flexibility index (Phi) is 4.85. The molecule has 0 aromatic carbocycles. The molecule has 1 aliphatic rings. The first kappa shape index (κ1) is 19.6. The minimum Gasteiger partial charge on any atom is -0.362 e. The minimum atomic E-state index is -0.119. The van der Waals surface area contributed by atoms with E-state index in [2.05, 4.69) is 42.1 Å². The van der Waals surface area contributed by atoms with Crippen LogP contribution in [0.4, 0.5) is 11.6 Å². The summed E-state index contributed by atoms with van der Waals surface area (Å²) < 4.78 is 2.02. The van der Waals surface area contributed by atoms with E-state index in [4.69, 9.17) is 11.6 Å². The molecule has 160 valence electrons. The summed E-state index contributed by atoms with van der Waals surface area (Å²) >= 11 is 6.60. The van der Waals surface area contributed by atoms with Gasteiger partial charge in [-0.1, -0.05) is 11.6 Å². The van der Waals surface area contributed by atoms with Crippen LogP contribution in [0.5, 0.6) is 0 Å². The summed E-state index contributed by atoms with van der Waals surface area (Å²) in [4.78, 5) is 36.1. The number of fused-ring (bicyclic) bond motifs is 2. The first-order chi connectivity index (χ1) is 15.0. The Hall–Kier alpha value is -3.40. The number of hydrogen-bond donors (Lipinski definition) is 2. The Morgan fingerprint density at radius 3 is 2.81 bits per heavy atom. The van der Waals surface area contributed by atoms with Crippen LogP contribution in [0.15, 0.2) is 31.2 Å². The molecule has 1 atom stereocenters. The highest BCUT2D eigenvalue weighted by Crippen LogP contribution is 2.35. The summed E-state index contributed by atoms with van der Waals surface area (Å²) in [5, 5.41) is 4.10. The Balaban J connectivity index is 1.54. The highest BCUT2D eigenvalue weighted by molar-refractivity contribution is 6.34. The molecule has 1 unspecified atom stereocenters. The minimum absolute atomic E-state index is 0.103. The molecule has 1 aliphatic heterocycles. The van der Waals surface area contributed by atoms with Gasteiger partial charge in [-0.25, -0.2) is 19.9 Å². The van der Waals surface area contributed by atoms with Gasteiger partial charge in [-0.2, -0.15) is 0 Å². The van der Waals surface area contributed by atoms with E-state index >= 15 is 0 Å². The number of halogens is 1. The molecular formula is C20H22ClN9O. The molecule has 1 fully saturated rings. The summed E-state index contributed by atoms with van der Waals surface area (Å²) in [6.45, 7) is 6.49. The fourth-order valence-corrected chi connectivity index (χ4v) is 4.36. The van der Waals surface area contributed by atoms with Gasteiger partial charge in [-0.3, -0.25) is 9.20 Å². The Bertz CT molecular complexity index is 1260. The molecule has 4 aromatic rings. The van der Waals surface area contributed by atoms with E-state index in [-0.39, 0.29) is 11.9 Å². The molecule has 0 spiro atoms. The third-order valence-corrected chi connectivity index (χ3v) is 6.02. The second kappa shape index (κ2) is 7.69. The number of carbonyl (C=O) groups is 1. The molecule has 1 amide bonds. The molecule has 5 heterocycles. The van der Waals surface area contributed by atoms with Crippen molar-refractivity contribution in [3.05, 3.63) is 41.8 Å². The molecule has 31 heavy (non-hydrogen) atoms. The molecule has 10 nitrogen and oxygen atoms in total. The highest BCUT2D eigenvalue weighted by atomic mass is 35.5. The van der Waals surface area contributed by atoms with Gasteiger partial charge in [0.05, 0.1) is 29.1 Å². The number of pyridine rings is 1. The second-order valence-corrected chi connectivity index (χ2v) is 8.01. The predicted octanol–water partition coefficient (Wildman–Crippen LogP) is 2.50. The summed E-state index contributed by atoms with van der Waals surface area (Å²) in [7, 11) is 0. The van der Waals surface area contributed by atoms with Gasteiger partial charge < -0.3 is 20.1 Å². The Morgan fingerprint density at radius 1 is 1.23 bits per heavy atom. The number of carbonyl (C=O) groups excluding carboxylic acids is 1. The van der Waals surface area contributed by atoms with Gasteiger partial charge in [0, 0.05) is 38.7 Å². The summed E-state index contributed by atoms with van der Waals surface area (Å²) in [5.74, 6) is 1.78. The topological polar surface area (TPSA) is 107 Å². The van der Waals surface area contributed by atoms with E-state index in [1.165, 1.54) is 6.33 Å². The van der Waals surface area contributed by atoms with Crippen LogP contribution in [0.2, 0.25) is 5.02 Å². The van der Waals surface area contributed by atoms with Crippen molar-refractivity contribution in [2.24, 2.45) is 0 Å². The van der Waals surface area contributed by atoms with Crippen LogP contribution in [-0.4, -0.2) is 66.3 Å². The number of aromatic amines is 1. The predicted molar refractivity (Wildman–Crippen MR) is 118 cm³/mol. The van der Waals surface area contributed by atoms with Crippen molar-refractivity contribution >= 4 is 45.8 Å². The van der Waals surface area contributed by atoms with Crippen LogP contribution in [-0.2, 0) is 4.79 Å². The number of rotatable bonds is 4. The van der Waals surface area contributed by atoms with E-state index in [0.717, 1.165) is 35.5 Å². The van der Waals surface area contributed by atoms with E-state index in [0.29, 0.717) is 29.6 Å². The number of aromatic nitrogens is 6. The smallest absolute Gasteiger partial charge is 0.219 e. The molecular weight excluding hydrogens is 418 g/mol. The van der Waals surface area contributed by atoms with E-state index < -0.39 is 0 Å². The maximum atomic E-state index is 11.8. The van der Waals surface area contributed by atoms with Gasteiger partial charge in [0.25, 0.3) is 0 Å². The molecule has 0 bridgehead atoms. The molecule has 5 rings (SSSR count). The highest BCUT2D eigenvalue weighted by Gasteiger charge is 2.26. The maximum absolute atomic E-state index is 11.8. The van der Waals surface area contributed by atoms with Crippen molar-refractivity contribution < 1.29 is 4.79 Å². The monoisotopic (exact) mass is 439 g/mol. The van der Waals surface area contributed by atoms with Crippen LogP contribution in [0.1, 0.15) is 25.5 Å². The van der Waals surface area contributed by atoms with E-state index in [1.807, 2.05) is 15.4 Å². The molecule has 0 aliphatic carbocycles. The van der Waals surface area contributed by atoms with Crippen molar-refractivity contribution in [3.63, 3.8) is 0 Å². The average molecular weight is 440 g/mol. The van der Waals surface area contributed by atoms with Gasteiger partial charge in [0.2, 0.25) is 5.91 Å². The molecule has 11 heteroatoms. The number of nitrogens with one attached hydrogen (secondary N) is 2. The first-order valence-electron chi connectivity index (χ1n) is 10.1. The van der Waals surface area contributed by atoms with Crippen LogP contribution in [0, 0.1) is 0 Å². The zero-order valence-corrected chi connectivity index (χ0v) is 18.0. The van der Waals surface area contributed by atoms with Crippen LogP contribution in [0.3, 0.4) is 0 Å². The van der Waals surface area contributed by atoms with Crippen molar-refractivity contribution in [2.45, 2.75) is 19.9 Å². The average Bonchev–Trinajstić information content (AvgIpc) is 3.44. The standard InChI is InChI=1S/C20H22ClN9O/c1-12(27-19-17-18(24-9-23-17)25-10-26-19)14-7-15(21)16-8-22-11-30(16)20(14)29-5-3-28(4-6-29)13(2)31/h7-12H,3-6H2,1-2H3,(H2,23,24,25,26,27). The second-order valence-electron chi connectivity index (χ2n) is 7.60. The number of anilines is 2. The van der Waals surface area contributed by atoms with Crippen molar-refractivity contribution in [1.29, 1.82) is 0 Å². The lowest BCUT2D eigenvalue weighted by Gasteiger charge is -2.37. The zero-order chi connectivity index (χ0) is 21.5. The van der Waals surface area contributed by atoms with E-state index in [1.54, 1.807) is 25.8 Å². The third-order valence-electron chi connectivity index (χ3n) is 5.72. The quantitative estimate of drug-likeness (QED) is 0.503. The van der Waals surface area contributed by atoms with Gasteiger partial charge in [0.15, 0.2) is 11.5 Å². The van der Waals surface area contributed by atoms with Crippen molar-refractivity contribution in [2.75, 3.05) is 36.4 Å². The van der Waals surface area contributed by atoms with Crippen LogP contribution >= 0.6 is 11.6 Å². The summed E-state index contributed by atoms with van der Waals surface area (Å²) in [6, 6.07) is 1.86. The Morgan fingerprint density at radius 2 is 2.03 bits per heavy atom. The van der Waals surface area contributed by atoms with Crippen molar-refractivity contribution in [3.8, 4) is 0 Å². The number of piperazine rings is 1. The third kappa shape index (κ3) is 3.42. The van der Waals surface area contributed by atoms with Gasteiger partial charge in [0.1, 0.15) is 24.0 Å². The Labute approximate surface area is 183 Å². The molecule has 2 N–H and O–H groups in total. The van der Waals surface area contributed by atoms with Gasteiger partial charge >= 0.3 is 0 Å². The number of imidazole rings is 2. The molecule has 4 aromatic heterocycles. The zero-order valence-electron chi connectivity index (χ0n) is 17.2. The number of hydrogen-bond acceptors (Lipinski definition) is 7. The molecule has 0 saturated carbocycles. The number of H-pyrrole nitrogens is 1. The SMILES string of the molecule is CC(=O)N1CCN(c2c(C(C)Nc3ncnc4nc[nH]c34)cc(Cl)c3cncn23)CC1. The van der Waals surface area contributed by atoms with E-state index in [9.17, 15) is 4.79 Å². The fourth-order valence-electron chi connectivity index (χ4n) is 4.10. The molecule has 0 radical (unpaired) electrons. The fraction of sp³-hybridized carbons (Fsp3) is 0.350. The lowest BCUT2D eigenvalue weighted by molar-refractivity contribution is -0.129. The van der Waals surface area contributed by atoms with Gasteiger partial charge in [-0.15, -0.1) is 0 Å².